The van der Waals surface area contributed by atoms with E-state index in [0.29, 0.717) is 0 Å². The van der Waals surface area contributed by atoms with E-state index in [1.54, 1.807) is 0 Å². The Morgan fingerprint density at radius 3 is 2.45 bits per heavy atom. The summed E-state index contributed by atoms with van der Waals surface area (Å²) in [5.74, 6) is 0.887. The molecule has 1 unspecified atom stereocenters. The van der Waals surface area contributed by atoms with E-state index in [1.165, 1.54) is 12.8 Å². The lowest BCUT2D eigenvalue weighted by atomic mass is 9.96. The molecule has 1 atom stereocenters. The molecule has 0 aromatic heterocycles. The van der Waals surface area contributed by atoms with Crippen LogP contribution in [0, 0.1) is 5.92 Å². The summed E-state index contributed by atoms with van der Waals surface area (Å²) in [5, 5.41) is 6.56. The van der Waals surface area contributed by atoms with Gasteiger partial charge < -0.3 is 10.6 Å². The lowest BCUT2D eigenvalue weighted by Gasteiger charge is -2.34. The Balaban J connectivity index is 2.52. The molecule has 0 spiro atoms. The van der Waals surface area contributed by atoms with Gasteiger partial charge in [0.2, 0.25) is 5.91 Å². The monoisotopic (exact) mass is 283 g/mol. The van der Waals surface area contributed by atoms with Crippen LogP contribution in [0.15, 0.2) is 0 Å². The first-order valence-electron chi connectivity index (χ1n) is 8.16. The van der Waals surface area contributed by atoms with Crippen molar-refractivity contribution in [2.24, 2.45) is 5.92 Å². The Labute approximate surface area is 124 Å². The van der Waals surface area contributed by atoms with Crippen LogP contribution in [0.5, 0.6) is 0 Å². The molecule has 0 radical (unpaired) electrons. The second kappa shape index (κ2) is 7.99. The van der Waals surface area contributed by atoms with E-state index in [9.17, 15) is 4.79 Å². The van der Waals surface area contributed by atoms with Gasteiger partial charge in [0.05, 0.1) is 6.04 Å². The zero-order chi connectivity index (χ0) is 15.2. The number of hydrogen-bond acceptors (Lipinski definition) is 3. The van der Waals surface area contributed by atoms with Crippen LogP contribution < -0.4 is 10.6 Å². The molecular weight excluding hydrogens is 250 g/mol. The van der Waals surface area contributed by atoms with Crippen LogP contribution in [-0.4, -0.2) is 48.6 Å². The molecule has 0 aliphatic carbocycles. The van der Waals surface area contributed by atoms with E-state index in [4.69, 9.17) is 0 Å². The van der Waals surface area contributed by atoms with Crippen molar-refractivity contribution in [1.29, 1.82) is 0 Å². The average Bonchev–Trinajstić information content (AvgIpc) is 2.44. The second-order valence-electron chi connectivity index (χ2n) is 6.68. The highest BCUT2D eigenvalue weighted by atomic mass is 16.2. The molecule has 0 bridgehead atoms. The molecule has 118 valence electrons. The molecule has 1 rings (SSSR count). The summed E-state index contributed by atoms with van der Waals surface area (Å²) in [6, 6.07) is -0.0410. The number of rotatable bonds is 7. The van der Waals surface area contributed by atoms with Crippen LogP contribution in [-0.2, 0) is 4.79 Å². The molecule has 4 nitrogen and oxygen atoms in total. The minimum absolute atomic E-state index is 0.0410. The average molecular weight is 283 g/mol. The van der Waals surface area contributed by atoms with Crippen LogP contribution in [0.1, 0.15) is 53.9 Å². The van der Waals surface area contributed by atoms with Crippen molar-refractivity contribution in [2.75, 3.05) is 26.2 Å². The molecule has 1 aliphatic rings. The standard InChI is InChI=1S/C16H33N3O/c1-6-16(4,5)18-15(20)13(3)19(7-2)12-14-8-10-17-11-9-14/h13-14,17H,6-12H2,1-5H3,(H,18,20). The smallest absolute Gasteiger partial charge is 0.237 e. The van der Waals surface area contributed by atoms with Gasteiger partial charge in [0, 0.05) is 12.1 Å². The number of nitrogens with one attached hydrogen (secondary N) is 2. The molecule has 1 heterocycles. The Kier molecular flexibility index (Phi) is 6.96. The quantitative estimate of drug-likeness (QED) is 0.751. The van der Waals surface area contributed by atoms with Gasteiger partial charge in [0.1, 0.15) is 0 Å². The second-order valence-corrected chi connectivity index (χ2v) is 6.68. The molecule has 0 aromatic rings. The Morgan fingerprint density at radius 2 is 1.95 bits per heavy atom. The lowest BCUT2D eigenvalue weighted by Crippen LogP contribution is -2.53. The first-order chi connectivity index (χ1) is 9.39. The molecule has 1 aliphatic heterocycles. The number of likely N-dealkylation sites (N-methyl/N-ethyl adjacent to an activating group) is 1. The number of hydrogen-bond donors (Lipinski definition) is 2. The summed E-state index contributed by atoms with van der Waals surface area (Å²) < 4.78 is 0. The van der Waals surface area contributed by atoms with Crippen molar-refractivity contribution in [3.05, 3.63) is 0 Å². The van der Waals surface area contributed by atoms with Crippen molar-refractivity contribution >= 4 is 5.91 Å². The lowest BCUT2D eigenvalue weighted by molar-refractivity contribution is -0.127. The summed E-state index contributed by atoms with van der Waals surface area (Å²) in [5.41, 5.74) is -0.112. The summed E-state index contributed by atoms with van der Waals surface area (Å²) in [4.78, 5) is 14.7. The van der Waals surface area contributed by atoms with Gasteiger partial charge in [-0.15, -0.1) is 0 Å². The fourth-order valence-corrected chi connectivity index (χ4v) is 2.65. The molecule has 1 amide bonds. The molecule has 20 heavy (non-hydrogen) atoms. The van der Waals surface area contributed by atoms with E-state index < -0.39 is 0 Å². The predicted molar refractivity (Wildman–Crippen MR) is 84.8 cm³/mol. The predicted octanol–water partition coefficient (Wildman–Crippen LogP) is 2.00. The number of nitrogens with zero attached hydrogens (tertiary/aromatic N) is 1. The number of carbonyl (C=O) groups excluding carboxylic acids is 1. The third-order valence-electron chi connectivity index (χ3n) is 4.63. The Hall–Kier alpha value is -0.610. The summed E-state index contributed by atoms with van der Waals surface area (Å²) >= 11 is 0. The van der Waals surface area contributed by atoms with E-state index in [2.05, 4.69) is 43.2 Å². The summed E-state index contributed by atoms with van der Waals surface area (Å²) in [6.07, 6.45) is 3.41. The van der Waals surface area contributed by atoms with Crippen LogP contribution in [0.4, 0.5) is 0 Å². The third kappa shape index (κ3) is 5.41. The van der Waals surface area contributed by atoms with E-state index in [-0.39, 0.29) is 17.5 Å². The van der Waals surface area contributed by atoms with Gasteiger partial charge in [-0.2, -0.15) is 0 Å². The van der Waals surface area contributed by atoms with Gasteiger partial charge in [-0.05, 0) is 65.6 Å². The maximum absolute atomic E-state index is 12.4. The van der Waals surface area contributed by atoms with Gasteiger partial charge >= 0.3 is 0 Å². The zero-order valence-electron chi connectivity index (χ0n) is 14.0. The molecule has 1 fully saturated rings. The van der Waals surface area contributed by atoms with Gasteiger partial charge in [-0.3, -0.25) is 9.69 Å². The van der Waals surface area contributed by atoms with Crippen LogP contribution >= 0.6 is 0 Å². The summed E-state index contributed by atoms with van der Waals surface area (Å²) in [6.45, 7) is 14.7. The largest absolute Gasteiger partial charge is 0.350 e. The van der Waals surface area contributed by atoms with Crippen molar-refractivity contribution in [2.45, 2.75) is 65.5 Å². The summed E-state index contributed by atoms with van der Waals surface area (Å²) in [7, 11) is 0. The SMILES string of the molecule is CCN(CC1CCNCC1)C(C)C(=O)NC(C)(C)CC. The maximum Gasteiger partial charge on any atom is 0.237 e. The fraction of sp³-hybridized carbons (Fsp3) is 0.938. The molecule has 1 saturated heterocycles. The van der Waals surface area contributed by atoms with Crippen molar-refractivity contribution < 1.29 is 4.79 Å². The minimum atomic E-state index is -0.112. The first kappa shape index (κ1) is 17.4. The first-order valence-corrected chi connectivity index (χ1v) is 8.16. The van der Waals surface area contributed by atoms with E-state index in [0.717, 1.165) is 38.5 Å². The maximum atomic E-state index is 12.4. The normalized spacial score (nSPS) is 19.1. The van der Waals surface area contributed by atoms with E-state index >= 15 is 0 Å². The highest BCUT2D eigenvalue weighted by Crippen LogP contribution is 2.16. The van der Waals surface area contributed by atoms with Crippen molar-refractivity contribution in [1.82, 2.24) is 15.5 Å². The Morgan fingerprint density at radius 1 is 1.35 bits per heavy atom. The number of amides is 1. The van der Waals surface area contributed by atoms with E-state index in [1.807, 2.05) is 6.92 Å². The number of carbonyl (C=O) groups is 1. The minimum Gasteiger partial charge on any atom is -0.350 e. The highest BCUT2D eigenvalue weighted by molar-refractivity contribution is 5.82. The molecular formula is C16H33N3O. The topological polar surface area (TPSA) is 44.4 Å². The fourth-order valence-electron chi connectivity index (χ4n) is 2.65. The van der Waals surface area contributed by atoms with Gasteiger partial charge in [0.25, 0.3) is 0 Å². The van der Waals surface area contributed by atoms with Crippen LogP contribution in [0.2, 0.25) is 0 Å². The van der Waals surface area contributed by atoms with Gasteiger partial charge in [-0.1, -0.05) is 13.8 Å². The van der Waals surface area contributed by atoms with Crippen LogP contribution in [0.3, 0.4) is 0 Å². The molecule has 0 saturated carbocycles. The molecule has 2 N–H and O–H groups in total. The van der Waals surface area contributed by atoms with Gasteiger partial charge in [0.15, 0.2) is 0 Å². The molecule has 0 aromatic carbocycles. The van der Waals surface area contributed by atoms with Crippen LogP contribution in [0.25, 0.3) is 0 Å². The third-order valence-corrected chi connectivity index (χ3v) is 4.63. The van der Waals surface area contributed by atoms with Crippen molar-refractivity contribution in [3.63, 3.8) is 0 Å². The van der Waals surface area contributed by atoms with Gasteiger partial charge in [-0.25, -0.2) is 0 Å². The highest BCUT2D eigenvalue weighted by Gasteiger charge is 2.27. The Bertz CT molecular complexity index is 298. The molecule has 4 heteroatoms. The number of piperidine rings is 1. The zero-order valence-corrected chi connectivity index (χ0v) is 14.0. The van der Waals surface area contributed by atoms with Crippen molar-refractivity contribution in [3.8, 4) is 0 Å².